The minimum Gasteiger partial charge on any atom is -0.497 e. The highest BCUT2D eigenvalue weighted by molar-refractivity contribution is 7.13. The summed E-state index contributed by atoms with van der Waals surface area (Å²) in [6.07, 6.45) is 0. The first kappa shape index (κ1) is 17.9. The molecule has 0 unspecified atom stereocenters. The van der Waals surface area contributed by atoms with Crippen LogP contribution in [0, 0.1) is 5.92 Å². The molecule has 0 saturated heterocycles. The van der Waals surface area contributed by atoms with Gasteiger partial charge in [-0.15, -0.1) is 11.3 Å². The Morgan fingerprint density at radius 2 is 1.83 bits per heavy atom. The third-order valence-electron chi connectivity index (χ3n) is 3.31. The smallest absolute Gasteiger partial charge is 0.270 e. The first-order chi connectivity index (χ1) is 11.5. The van der Waals surface area contributed by atoms with Gasteiger partial charge >= 0.3 is 0 Å². The third kappa shape index (κ3) is 4.79. The molecular formula is C17H21N3O3S. The molecule has 0 aliphatic rings. The molecule has 24 heavy (non-hydrogen) atoms. The predicted molar refractivity (Wildman–Crippen MR) is 94.3 cm³/mol. The van der Waals surface area contributed by atoms with Crippen molar-refractivity contribution in [1.29, 1.82) is 0 Å². The standard InChI is InChI=1S/C17H21N3O3S/c1-11(2)15(21)18-8-9-19-16(22)14-10-24-17(20-14)12-4-6-13(23-3)7-5-12/h4-7,10-11H,8-9H2,1-3H3,(H,18,21)(H,19,22). The average Bonchev–Trinajstić information content (AvgIpc) is 3.08. The minimum absolute atomic E-state index is 0.0281. The molecule has 0 atom stereocenters. The van der Waals surface area contributed by atoms with Crippen LogP contribution in [0.1, 0.15) is 24.3 Å². The Morgan fingerprint density at radius 1 is 1.17 bits per heavy atom. The maximum Gasteiger partial charge on any atom is 0.270 e. The summed E-state index contributed by atoms with van der Waals surface area (Å²) in [5, 5.41) is 7.99. The van der Waals surface area contributed by atoms with Gasteiger partial charge in [-0.05, 0) is 24.3 Å². The van der Waals surface area contributed by atoms with E-state index in [4.69, 9.17) is 4.74 Å². The van der Waals surface area contributed by atoms with Gasteiger partial charge in [-0.25, -0.2) is 4.98 Å². The topological polar surface area (TPSA) is 80.3 Å². The normalized spacial score (nSPS) is 10.5. The Morgan fingerprint density at radius 3 is 2.46 bits per heavy atom. The Labute approximate surface area is 145 Å². The summed E-state index contributed by atoms with van der Waals surface area (Å²) < 4.78 is 5.12. The maximum absolute atomic E-state index is 12.1. The highest BCUT2D eigenvalue weighted by Gasteiger charge is 2.12. The van der Waals surface area contributed by atoms with Crippen LogP contribution in [0.3, 0.4) is 0 Å². The Hall–Kier alpha value is -2.41. The number of benzene rings is 1. The van der Waals surface area contributed by atoms with E-state index in [1.54, 1.807) is 12.5 Å². The van der Waals surface area contributed by atoms with E-state index in [0.29, 0.717) is 18.8 Å². The number of nitrogens with zero attached hydrogens (tertiary/aromatic N) is 1. The number of ether oxygens (including phenoxy) is 1. The number of hydrogen-bond acceptors (Lipinski definition) is 5. The molecule has 0 aliphatic carbocycles. The molecule has 0 spiro atoms. The summed E-state index contributed by atoms with van der Waals surface area (Å²) in [5.74, 6) is 0.438. The number of aromatic nitrogens is 1. The number of thiazole rings is 1. The van der Waals surface area contributed by atoms with Gasteiger partial charge in [-0.1, -0.05) is 13.8 Å². The Kier molecular flexibility index (Phi) is 6.31. The van der Waals surface area contributed by atoms with Crippen LogP contribution in [-0.4, -0.2) is 37.0 Å². The van der Waals surface area contributed by atoms with Crippen molar-refractivity contribution >= 4 is 23.2 Å². The predicted octanol–water partition coefficient (Wildman–Crippen LogP) is 2.32. The molecule has 2 N–H and O–H groups in total. The number of nitrogens with one attached hydrogen (secondary N) is 2. The van der Waals surface area contributed by atoms with E-state index < -0.39 is 0 Å². The van der Waals surface area contributed by atoms with Crippen LogP contribution in [0.4, 0.5) is 0 Å². The van der Waals surface area contributed by atoms with Gasteiger partial charge < -0.3 is 15.4 Å². The van der Waals surface area contributed by atoms with Gasteiger partial charge in [0, 0.05) is 30.0 Å². The lowest BCUT2D eigenvalue weighted by molar-refractivity contribution is -0.123. The van der Waals surface area contributed by atoms with E-state index in [2.05, 4.69) is 15.6 Å². The van der Waals surface area contributed by atoms with Gasteiger partial charge in [-0.3, -0.25) is 9.59 Å². The van der Waals surface area contributed by atoms with Crippen molar-refractivity contribution < 1.29 is 14.3 Å². The van der Waals surface area contributed by atoms with Crippen molar-refractivity contribution in [3.8, 4) is 16.3 Å². The maximum atomic E-state index is 12.1. The molecule has 2 amide bonds. The fraction of sp³-hybridized carbons (Fsp3) is 0.353. The van der Waals surface area contributed by atoms with Crippen LogP contribution in [-0.2, 0) is 4.79 Å². The molecule has 0 fully saturated rings. The Bertz CT molecular complexity index is 695. The molecule has 0 saturated carbocycles. The summed E-state index contributed by atoms with van der Waals surface area (Å²) in [6, 6.07) is 7.52. The summed E-state index contributed by atoms with van der Waals surface area (Å²) in [6.45, 7) is 4.42. The monoisotopic (exact) mass is 347 g/mol. The first-order valence-corrected chi connectivity index (χ1v) is 8.55. The van der Waals surface area contributed by atoms with Crippen LogP contribution in [0.15, 0.2) is 29.6 Å². The first-order valence-electron chi connectivity index (χ1n) is 7.67. The van der Waals surface area contributed by atoms with Gasteiger partial charge in [0.2, 0.25) is 5.91 Å². The molecule has 2 aromatic rings. The second kappa shape index (κ2) is 8.44. The van der Waals surface area contributed by atoms with Crippen molar-refractivity contribution in [1.82, 2.24) is 15.6 Å². The number of carbonyl (C=O) groups is 2. The molecule has 0 bridgehead atoms. The highest BCUT2D eigenvalue weighted by Crippen LogP contribution is 2.25. The molecule has 1 heterocycles. The van der Waals surface area contributed by atoms with E-state index >= 15 is 0 Å². The highest BCUT2D eigenvalue weighted by atomic mass is 32.1. The number of methoxy groups -OCH3 is 1. The lowest BCUT2D eigenvalue weighted by atomic mass is 10.2. The van der Waals surface area contributed by atoms with Gasteiger partial charge in [0.25, 0.3) is 5.91 Å². The molecular weight excluding hydrogens is 326 g/mol. The zero-order chi connectivity index (χ0) is 17.5. The van der Waals surface area contributed by atoms with Crippen molar-refractivity contribution in [3.05, 3.63) is 35.3 Å². The third-order valence-corrected chi connectivity index (χ3v) is 4.20. The summed E-state index contributed by atoms with van der Waals surface area (Å²) in [7, 11) is 1.62. The van der Waals surface area contributed by atoms with Crippen LogP contribution in [0.25, 0.3) is 10.6 Å². The molecule has 1 aromatic carbocycles. The minimum atomic E-state index is -0.246. The molecule has 0 radical (unpaired) electrons. The summed E-state index contributed by atoms with van der Waals surface area (Å²) >= 11 is 1.41. The number of carbonyl (C=O) groups excluding carboxylic acids is 2. The molecule has 6 nitrogen and oxygen atoms in total. The van der Waals surface area contributed by atoms with E-state index in [1.807, 2.05) is 38.1 Å². The van der Waals surface area contributed by atoms with Crippen LogP contribution in [0.5, 0.6) is 5.75 Å². The van der Waals surface area contributed by atoms with E-state index in [9.17, 15) is 9.59 Å². The van der Waals surface area contributed by atoms with E-state index in [1.165, 1.54) is 11.3 Å². The number of amides is 2. The lowest BCUT2D eigenvalue weighted by Gasteiger charge is -2.07. The Balaban J connectivity index is 1.87. The average molecular weight is 347 g/mol. The molecule has 7 heteroatoms. The molecule has 2 rings (SSSR count). The zero-order valence-electron chi connectivity index (χ0n) is 14.0. The quantitative estimate of drug-likeness (QED) is 0.753. The van der Waals surface area contributed by atoms with Crippen molar-refractivity contribution in [2.75, 3.05) is 20.2 Å². The largest absolute Gasteiger partial charge is 0.497 e. The molecule has 128 valence electrons. The summed E-state index contributed by atoms with van der Waals surface area (Å²) in [5.41, 5.74) is 1.31. The van der Waals surface area contributed by atoms with Gasteiger partial charge in [0.15, 0.2) is 0 Å². The second-order valence-electron chi connectivity index (χ2n) is 5.47. The zero-order valence-corrected chi connectivity index (χ0v) is 14.8. The van der Waals surface area contributed by atoms with Gasteiger partial charge in [0.1, 0.15) is 16.5 Å². The molecule has 0 aliphatic heterocycles. The lowest BCUT2D eigenvalue weighted by Crippen LogP contribution is -2.36. The summed E-state index contributed by atoms with van der Waals surface area (Å²) in [4.78, 5) is 27.8. The van der Waals surface area contributed by atoms with Crippen molar-refractivity contribution in [2.24, 2.45) is 5.92 Å². The van der Waals surface area contributed by atoms with Crippen LogP contribution >= 0.6 is 11.3 Å². The number of hydrogen-bond donors (Lipinski definition) is 2. The van der Waals surface area contributed by atoms with Crippen LogP contribution < -0.4 is 15.4 Å². The van der Waals surface area contributed by atoms with Crippen molar-refractivity contribution in [3.63, 3.8) is 0 Å². The number of rotatable bonds is 7. The SMILES string of the molecule is COc1ccc(-c2nc(C(=O)NCCNC(=O)C(C)C)cs2)cc1. The van der Waals surface area contributed by atoms with E-state index in [0.717, 1.165) is 16.3 Å². The second-order valence-corrected chi connectivity index (χ2v) is 6.33. The van der Waals surface area contributed by atoms with Crippen molar-refractivity contribution in [2.45, 2.75) is 13.8 Å². The fourth-order valence-electron chi connectivity index (χ4n) is 1.90. The van der Waals surface area contributed by atoms with Crippen LogP contribution in [0.2, 0.25) is 0 Å². The fourth-order valence-corrected chi connectivity index (χ4v) is 2.71. The van der Waals surface area contributed by atoms with Gasteiger partial charge in [-0.2, -0.15) is 0 Å². The van der Waals surface area contributed by atoms with E-state index in [-0.39, 0.29) is 17.7 Å². The van der Waals surface area contributed by atoms with Gasteiger partial charge in [0.05, 0.1) is 7.11 Å². The molecule has 1 aromatic heterocycles.